The van der Waals surface area contributed by atoms with Crippen LogP contribution in [0.2, 0.25) is 0 Å². The number of nitrogens with zero attached hydrogens (tertiary/aromatic N) is 3. The van der Waals surface area contributed by atoms with Crippen molar-refractivity contribution in [2.75, 3.05) is 18.4 Å². The second kappa shape index (κ2) is 8.78. The SMILES string of the molecule is Cc1cc(C)c(C=CC(=O)N2CCC(C(=O)Nc3ncccn3)CC2)cc1C. The van der Waals surface area contributed by atoms with Gasteiger partial charge in [0.1, 0.15) is 0 Å². The number of anilines is 1. The van der Waals surface area contributed by atoms with Crippen molar-refractivity contribution in [2.45, 2.75) is 33.6 Å². The minimum atomic E-state index is -0.126. The highest BCUT2D eigenvalue weighted by Crippen LogP contribution is 2.20. The Labute approximate surface area is 165 Å². The van der Waals surface area contributed by atoms with E-state index in [1.54, 1.807) is 29.4 Å². The van der Waals surface area contributed by atoms with Crippen molar-refractivity contribution in [3.05, 3.63) is 58.9 Å². The highest BCUT2D eigenvalue weighted by atomic mass is 16.2. The zero-order chi connectivity index (χ0) is 20.1. The molecule has 3 rings (SSSR count). The van der Waals surface area contributed by atoms with E-state index in [1.165, 1.54) is 11.1 Å². The molecule has 28 heavy (non-hydrogen) atoms. The van der Waals surface area contributed by atoms with Crippen LogP contribution in [0, 0.1) is 26.7 Å². The molecule has 2 amide bonds. The molecule has 0 saturated carbocycles. The van der Waals surface area contributed by atoms with Crippen LogP contribution in [0.25, 0.3) is 6.08 Å². The van der Waals surface area contributed by atoms with Gasteiger partial charge >= 0.3 is 0 Å². The first-order chi connectivity index (χ1) is 13.4. The number of hydrogen-bond donors (Lipinski definition) is 1. The summed E-state index contributed by atoms with van der Waals surface area (Å²) in [5.41, 5.74) is 4.69. The number of carbonyl (C=O) groups excluding carboxylic acids is 2. The Bertz CT molecular complexity index is 885. The van der Waals surface area contributed by atoms with Crippen molar-refractivity contribution in [3.8, 4) is 0 Å². The Morgan fingerprint density at radius 3 is 2.36 bits per heavy atom. The van der Waals surface area contributed by atoms with E-state index in [2.05, 4.69) is 48.2 Å². The molecule has 2 heterocycles. The summed E-state index contributed by atoms with van der Waals surface area (Å²) in [7, 11) is 0. The van der Waals surface area contributed by atoms with Crippen molar-refractivity contribution in [2.24, 2.45) is 5.92 Å². The van der Waals surface area contributed by atoms with Crippen LogP contribution >= 0.6 is 0 Å². The number of rotatable bonds is 4. The van der Waals surface area contributed by atoms with Crippen LogP contribution < -0.4 is 5.32 Å². The van der Waals surface area contributed by atoms with E-state index in [0.717, 1.165) is 11.1 Å². The molecule has 1 aromatic carbocycles. The predicted octanol–water partition coefficient (Wildman–Crippen LogP) is 3.29. The van der Waals surface area contributed by atoms with E-state index in [9.17, 15) is 9.59 Å². The summed E-state index contributed by atoms with van der Waals surface area (Å²) in [5.74, 6) is 0.0963. The van der Waals surface area contributed by atoms with Gasteiger partial charge in [0.15, 0.2) is 0 Å². The molecule has 1 N–H and O–H groups in total. The Morgan fingerprint density at radius 1 is 1.04 bits per heavy atom. The lowest BCUT2D eigenvalue weighted by molar-refractivity contribution is -0.130. The first-order valence-corrected chi connectivity index (χ1v) is 9.57. The first kappa shape index (κ1) is 19.7. The number of aryl methyl sites for hydroxylation is 3. The number of likely N-dealkylation sites (tertiary alicyclic amines) is 1. The predicted molar refractivity (Wildman–Crippen MR) is 110 cm³/mol. The fraction of sp³-hybridized carbons (Fsp3) is 0.364. The van der Waals surface area contributed by atoms with E-state index in [0.29, 0.717) is 31.9 Å². The molecule has 0 atom stereocenters. The van der Waals surface area contributed by atoms with Gasteiger partial charge in [0.05, 0.1) is 0 Å². The molecule has 0 unspecified atom stereocenters. The molecule has 1 fully saturated rings. The minimum absolute atomic E-state index is 0.0112. The summed E-state index contributed by atoms with van der Waals surface area (Å²) in [6, 6.07) is 5.95. The molecule has 1 saturated heterocycles. The first-order valence-electron chi connectivity index (χ1n) is 9.57. The Balaban J connectivity index is 1.54. The number of aromatic nitrogens is 2. The number of benzene rings is 1. The summed E-state index contributed by atoms with van der Waals surface area (Å²) < 4.78 is 0. The van der Waals surface area contributed by atoms with Crippen LogP contribution in [0.1, 0.15) is 35.1 Å². The third-order valence-electron chi connectivity index (χ3n) is 5.27. The van der Waals surface area contributed by atoms with Crippen LogP contribution in [-0.2, 0) is 9.59 Å². The van der Waals surface area contributed by atoms with Gasteiger partial charge in [0.2, 0.25) is 17.8 Å². The molecule has 146 valence electrons. The monoisotopic (exact) mass is 378 g/mol. The molecule has 1 aliphatic rings. The third-order valence-corrected chi connectivity index (χ3v) is 5.27. The topological polar surface area (TPSA) is 75.2 Å². The van der Waals surface area contributed by atoms with Crippen molar-refractivity contribution in [3.63, 3.8) is 0 Å². The van der Waals surface area contributed by atoms with E-state index < -0.39 is 0 Å². The van der Waals surface area contributed by atoms with E-state index in [1.807, 2.05) is 6.08 Å². The second-order valence-corrected chi connectivity index (χ2v) is 7.29. The quantitative estimate of drug-likeness (QED) is 0.829. The van der Waals surface area contributed by atoms with Crippen LogP contribution in [0.5, 0.6) is 0 Å². The smallest absolute Gasteiger partial charge is 0.246 e. The average Bonchev–Trinajstić information content (AvgIpc) is 2.70. The molecule has 2 aromatic rings. The summed E-state index contributed by atoms with van der Waals surface area (Å²) in [4.78, 5) is 34.7. The molecule has 0 spiro atoms. The molecular weight excluding hydrogens is 352 g/mol. The summed E-state index contributed by atoms with van der Waals surface area (Å²) in [6.07, 6.45) is 7.98. The lowest BCUT2D eigenvalue weighted by Crippen LogP contribution is -2.40. The van der Waals surface area contributed by atoms with Gasteiger partial charge in [-0.2, -0.15) is 0 Å². The Hall–Kier alpha value is -3.02. The van der Waals surface area contributed by atoms with Crippen LogP contribution in [0.3, 0.4) is 0 Å². The fourth-order valence-electron chi connectivity index (χ4n) is 3.37. The van der Waals surface area contributed by atoms with Crippen molar-refractivity contribution in [1.82, 2.24) is 14.9 Å². The Morgan fingerprint density at radius 2 is 1.68 bits per heavy atom. The molecule has 0 aliphatic carbocycles. The van der Waals surface area contributed by atoms with Gasteiger partial charge in [-0.15, -0.1) is 0 Å². The highest BCUT2D eigenvalue weighted by molar-refractivity contribution is 5.93. The highest BCUT2D eigenvalue weighted by Gasteiger charge is 2.27. The van der Waals surface area contributed by atoms with Gasteiger partial charge in [-0.3, -0.25) is 14.9 Å². The van der Waals surface area contributed by atoms with Crippen molar-refractivity contribution < 1.29 is 9.59 Å². The van der Waals surface area contributed by atoms with Crippen LogP contribution in [0.15, 0.2) is 36.7 Å². The van der Waals surface area contributed by atoms with Gasteiger partial charge in [0, 0.05) is 37.5 Å². The van der Waals surface area contributed by atoms with Gasteiger partial charge in [0.25, 0.3) is 0 Å². The maximum Gasteiger partial charge on any atom is 0.246 e. The number of piperidine rings is 1. The zero-order valence-electron chi connectivity index (χ0n) is 16.6. The molecule has 0 bridgehead atoms. The maximum atomic E-state index is 12.5. The fourth-order valence-corrected chi connectivity index (χ4v) is 3.37. The molecule has 1 aromatic heterocycles. The normalized spacial score (nSPS) is 15.0. The van der Waals surface area contributed by atoms with Gasteiger partial charge in [-0.05, 0) is 68.0 Å². The van der Waals surface area contributed by atoms with Crippen molar-refractivity contribution in [1.29, 1.82) is 0 Å². The number of nitrogens with one attached hydrogen (secondary N) is 1. The summed E-state index contributed by atoms with van der Waals surface area (Å²) in [6.45, 7) is 7.36. The minimum Gasteiger partial charge on any atom is -0.339 e. The number of hydrogen-bond acceptors (Lipinski definition) is 4. The maximum absolute atomic E-state index is 12.5. The van der Waals surface area contributed by atoms with Gasteiger partial charge < -0.3 is 4.90 Å². The van der Waals surface area contributed by atoms with E-state index in [4.69, 9.17) is 0 Å². The number of carbonyl (C=O) groups is 2. The molecule has 6 nitrogen and oxygen atoms in total. The summed E-state index contributed by atoms with van der Waals surface area (Å²) in [5, 5.41) is 2.74. The van der Waals surface area contributed by atoms with E-state index >= 15 is 0 Å². The third kappa shape index (κ3) is 4.82. The molecule has 0 radical (unpaired) electrons. The zero-order valence-corrected chi connectivity index (χ0v) is 16.6. The lowest BCUT2D eigenvalue weighted by Gasteiger charge is -2.30. The average molecular weight is 378 g/mol. The van der Waals surface area contributed by atoms with E-state index in [-0.39, 0.29) is 17.7 Å². The number of amides is 2. The molecule has 1 aliphatic heterocycles. The second-order valence-electron chi connectivity index (χ2n) is 7.29. The van der Waals surface area contributed by atoms with Gasteiger partial charge in [-0.1, -0.05) is 12.1 Å². The van der Waals surface area contributed by atoms with Gasteiger partial charge in [-0.25, -0.2) is 9.97 Å². The lowest BCUT2D eigenvalue weighted by atomic mass is 9.95. The molecular formula is C22H26N4O2. The molecule has 6 heteroatoms. The van der Waals surface area contributed by atoms with Crippen LogP contribution in [-0.4, -0.2) is 39.8 Å². The van der Waals surface area contributed by atoms with Crippen LogP contribution in [0.4, 0.5) is 5.95 Å². The largest absolute Gasteiger partial charge is 0.339 e. The summed E-state index contributed by atoms with van der Waals surface area (Å²) >= 11 is 0. The Kier molecular flexibility index (Phi) is 6.19. The van der Waals surface area contributed by atoms with Crippen molar-refractivity contribution >= 4 is 23.8 Å². The standard InChI is InChI=1S/C22H26N4O2/c1-15-13-17(3)19(14-16(15)2)5-6-20(27)26-11-7-18(8-12-26)21(28)25-22-23-9-4-10-24-22/h4-6,9-10,13-14,18H,7-8,11-12H2,1-3H3,(H,23,24,25,28).